The van der Waals surface area contributed by atoms with Gasteiger partial charge in [-0.05, 0) is 29.1 Å². The third-order valence-corrected chi connectivity index (χ3v) is 3.49. The van der Waals surface area contributed by atoms with Crippen LogP contribution in [-0.4, -0.2) is 0 Å². The maximum absolute atomic E-state index is 1.66. The molecular weight excluding hydrogens is 60.1 g/mol. The molecule has 0 atom stereocenters. The van der Waals surface area contributed by atoms with E-state index in [0.717, 1.165) is 10.8 Å². The van der Waals surface area contributed by atoms with Crippen molar-refractivity contribution in [2.75, 3.05) is 0 Å². The van der Waals surface area contributed by atoms with E-state index in [4.69, 9.17) is 0 Å². The summed E-state index contributed by atoms with van der Waals surface area (Å²) >= 11 is 0. The van der Waals surface area contributed by atoms with E-state index in [-0.39, 0.29) is 0 Å². The molecule has 0 bridgehead atoms. The van der Waals surface area contributed by atoms with Crippen LogP contribution < -0.4 is 0 Å². The predicted molar refractivity (Wildman–Crippen MR) is 16.5 cm³/mol. The molecule has 5 aliphatic rings. The van der Waals surface area contributed by atoms with Crippen LogP contribution in [0.4, 0.5) is 0 Å². The maximum Gasteiger partial charge on any atom is -0.0155 e. The summed E-state index contributed by atoms with van der Waals surface area (Å²) in [6.45, 7) is 0. The molecule has 5 rings (SSSR count). The first kappa shape index (κ1) is 1.25. The highest BCUT2D eigenvalue weighted by atomic mass is 15.3. The van der Waals surface area contributed by atoms with E-state index < -0.39 is 0 Å². The maximum atomic E-state index is 1.66. The average Bonchev–Trinajstić information content (AvgIpc) is 1.77. The van der Waals surface area contributed by atoms with Gasteiger partial charge in [-0.25, -0.2) is 0 Å². The molecule has 5 fully saturated rings. The fourth-order valence-corrected chi connectivity index (χ4v) is 2.58. The van der Waals surface area contributed by atoms with E-state index in [0.29, 0.717) is 0 Å². The summed E-state index contributed by atoms with van der Waals surface area (Å²) in [5.41, 5.74) is 2.29. The van der Waals surface area contributed by atoms with Crippen molar-refractivity contribution in [2.24, 2.45) is 22.7 Å². The van der Waals surface area contributed by atoms with E-state index in [1.165, 1.54) is 11.8 Å². The fourth-order valence-electron chi connectivity index (χ4n) is 2.58. The van der Waals surface area contributed by atoms with Crippen LogP contribution in [0, 0.1) is 22.7 Å². The molecule has 24 valence electrons. The molecule has 0 saturated heterocycles. The molecule has 0 aromatic heterocycles. The van der Waals surface area contributed by atoms with Crippen LogP contribution in [0.15, 0.2) is 0 Å². The van der Waals surface area contributed by atoms with Gasteiger partial charge in [-0.15, -0.1) is 0 Å². The Morgan fingerprint density at radius 2 is 1.60 bits per heavy atom. The zero-order valence-corrected chi connectivity index (χ0v) is 2.86. The Labute approximate surface area is 30.2 Å². The van der Waals surface area contributed by atoms with Gasteiger partial charge in [0.25, 0.3) is 0 Å². The van der Waals surface area contributed by atoms with Crippen molar-refractivity contribution in [2.45, 2.75) is 6.42 Å². The van der Waals surface area contributed by atoms with Crippen molar-refractivity contribution < 1.29 is 0 Å². The predicted octanol–water partition coefficient (Wildman–Crippen LogP) is 0.636. The smallest absolute Gasteiger partial charge is 0.0155 e. The molecular formula is C5H4. The van der Waals surface area contributed by atoms with Gasteiger partial charge >= 0.3 is 0 Å². The van der Waals surface area contributed by atoms with Crippen molar-refractivity contribution in [3.05, 3.63) is 0 Å². The Kier molecular flexibility index (Phi) is 0.0249. The second-order valence-electron chi connectivity index (χ2n) is 3.21. The van der Waals surface area contributed by atoms with E-state index in [9.17, 15) is 0 Å². The van der Waals surface area contributed by atoms with Gasteiger partial charge < -0.3 is 0 Å². The average molecular weight is 64.1 g/mol. The molecule has 0 aromatic carbocycles. The summed E-state index contributed by atoms with van der Waals surface area (Å²) in [4.78, 5) is 0. The highest BCUT2D eigenvalue weighted by molar-refractivity contribution is 5.76. The highest BCUT2D eigenvalue weighted by Gasteiger charge is 3.30. The molecule has 0 aromatic rings. The molecule has 0 nitrogen and oxygen atoms in total. The topological polar surface area (TPSA) is 0 Å². The van der Waals surface area contributed by atoms with Gasteiger partial charge in [0, 0.05) is 0 Å². The molecule has 0 N–H and O–H groups in total. The van der Waals surface area contributed by atoms with Crippen LogP contribution in [0.25, 0.3) is 0 Å². The Bertz CT molecular complexity index is 131. The summed E-state index contributed by atoms with van der Waals surface area (Å²) in [5, 5.41) is 0. The van der Waals surface area contributed by atoms with Gasteiger partial charge in [-0.1, -0.05) is 0 Å². The van der Waals surface area contributed by atoms with Crippen LogP contribution in [0.2, 0.25) is 0 Å². The van der Waals surface area contributed by atoms with E-state index in [2.05, 4.69) is 0 Å². The Balaban J connectivity index is 2.80. The zero-order chi connectivity index (χ0) is 2.86. The number of hydrogen-bond donors (Lipinski definition) is 0. The number of rotatable bonds is 0. The number of hydrogen-bond acceptors (Lipinski definition) is 0. The summed E-state index contributed by atoms with van der Waals surface area (Å²) in [6, 6.07) is 0. The lowest BCUT2D eigenvalue weighted by Gasteiger charge is -1.71. The molecule has 0 heterocycles. The minimum atomic E-state index is 1.15. The van der Waals surface area contributed by atoms with Gasteiger partial charge in [0.15, 0.2) is 0 Å². The van der Waals surface area contributed by atoms with Crippen LogP contribution in [0.5, 0.6) is 0 Å². The van der Waals surface area contributed by atoms with Gasteiger partial charge in [0.05, 0.1) is 0 Å². The Morgan fingerprint density at radius 3 is 1.60 bits per heavy atom. The van der Waals surface area contributed by atoms with Gasteiger partial charge in [0.2, 0.25) is 0 Å². The third kappa shape index (κ3) is 0.0147. The lowest BCUT2D eigenvalue weighted by molar-refractivity contribution is 0.774. The summed E-state index contributed by atoms with van der Waals surface area (Å²) in [5.74, 6) is 2.71. The molecule has 5 saturated carbocycles. The quantitative estimate of drug-likeness (QED) is 0.387. The second-order valence-corrected chi connectivity index (χ2v) is 3.21. The Morgan fingerprint density at radius 1 is 1.20 bits per heavy atom. The largest absolute Gasteiger partial charge is 0.0396 e. The molecule has 0 amide bonds. The van der Waals surface area contributed by atoms with Crippen molar-refractivity contribution >= 4 is 0 Å². The SMILES string of the molecule is C1C23C4C2C143. The first-order chi connectivity index (χ1) is 2.45. The van der Waals surface area contributed by atoms with Gasteiger partial charge in [-0.2, -0.15) is 0 Å². The van der Waals surface area contributed by atoms with Crippen molar-refractivity contribution in [3.8, 4) is 0 Å². The molecule has 0 aliphatic heterocycles. The van der Waals surface area contributed by atoms with Crippen LogP contribution in [-0.2, 0) is 0 Å². The molecule has 0 unspecified atom stereocenters. The van der Waals surface area contributed by atoms with Gasteiger partial charge in [0.1, 0.15) is 0 Å². The van der Waals surface area contributed by atoms with Crippen LogP contribution in [0.3, 0.4) is 0 Å². The minimum Gasteiger partial charge on any atom is -0.0396 e. The summed E-state index contributed by atoms with van der Waals surface area (Å²) in [7, 11) is 0. The summed E-state index contributed by atoms with van der Waals surface area (Å²) in [6.07, 6.45) is 1.66. The molecule has 0 heteroatoms. The molecule has 5 heavy (non-hydrogen) atoms. The van der Waals surface area contributed by atoms with E-state index in [1.54, 1.807) is 6.42 Å². The molecule has 0 radical (unpaired) electrons. The minimum absolute atomic E-state index is 1.15. The fraction of sp³-hybridized carbons (Fsp3) is 1.00. The van der Waals surface area contributed by atoms with E-state index in [1.807, 2.05) is 0 Å². The standard InChI is InChI=1S/C5H4/c1-4-2-3(4)5(1,2)4/h2-3H,1H2. The highest BCUT2D eigenvalue weighted by Crippen LogP contribution is 3.34. The lowest BCUT2D eigenvalue weighted by atomic mass is 10.3. The van der Waals surface area contributed by atoms with Crippen molar-refractivity contribution in [1.29, 1.82) is 0 Å². The van der Waals surface area contributed by atoms with Crippen LogP contribution in [0.1, 0.15) is 6.42 Å². The summed E-state index contributed by atoms with van der Waals surface area (Å²) < 4.78 is 0. The second kappa shape index (κ2) is 0.0997. The first-order valence-corrected chi connectivity index (χ1v) is 2.45. The van der Waals surface area contributed by atoms with E-state index >= 15 is 0 Å². The zero-order valence-electron chi connectivity index (χ0n) is 2.86. The molecule has 2 spiro atoms. The Hall–Kier alpha value is 0. The first-order valence-electron chi connectivity index (χ1n) is 2.45. The lowest BCUT2D eigenvalue weighted by Crippen LogP contribution is -1.64. The van der Waals surface area contributed by atoms with Crippen molar-refractivity contribution in [3.63, 3.8) is 0 Å². The van der Waals surface area contributed by atoms with Crippen molar-refractivity contribution in [1.82, 2.24) is 0 Å². The third-order valence-electron chi connectivity index (χ3n) is 3.49. The molecule has 5 aliphatic carbocycles. The van der Waals surface area contributed by atoms with Crippen LogP contribution >= 0.6 is 0 Å². The van der Waals surface area contributed by atoms with Gasteiger partial charge in [-0.3, -0.25) is 0 Å². The monoisotopic (exact) mass is 64.0 g/mol. The normalized spacial score (nSPS) is 125.